The quantitative estimate of drug-likeness (QED) is 0.432. The van der Waals surface area contributed by atoms with Crippen molar-refractivity contribution in [1.82, 2.24) is 4.90 Å². The van der Waals surface area contributed by atoms with Gasteiger partial charge in [-0.2, -0.15) is 0 Å². The minimum Gasteiger partial charge on any atom is -0.313 e. The van der Waals surface area contributed by atoms with Crippen molar-refractivity contribution in [3.8, 4) is 0 Å². The van der Waals surface area contributed by atoms with E-state index in [-0.39, 0.29) is 0 Å². The summed E-state index contributed by atoms with van der Waals surface area (Å²) in [6, 6.07) is 0. The van der Waals surface area contributed by atoms with E-state index in [0.29, 0.717) is 0 Å². The summed E-state index contributed by atoms with van der Waals surface area (Å²) in [5.74, 6) is 1.01. The van der Waals surface area contributed by atoms with Gasteiger partial charge in [-0.25, -0.2) is 0 Å². The lowest BCUT2D eigenvalue weighted by atomic mass is 10.6. The smallest absolute Gasteiger partial charge is 0.0741 e. The molecule has 0 aliphatic carbocycles. The Morgan fingerprint density at radius 2 is 2.57 bits per heavy atom. The van der Waals surface area contributed by atoms with E-state index in [9.17, 15) is 0 Å². The first-order valence-corrected chi connectivity index (χ1v) is 3.23. The van der Waals surface area contributed by atoms with Gasteiger partial charge in [-0.05, 0) is 7.05 Å². The van der Waals surface area contributed by atoms with E-state index in [0.717, 1.165) is 19.0 Å². The van der Waals surface area contributed by atoms with Crippen LogP contribution >= 0.6 is 12.0 Å². The lowest BCUT2D eigenvalue weighted by molar-refractivity contribution is 0.253. The molecule has 7 heavy (non-hydrogen) atoms. The molecule has 3 heteroatoms. The molecule has 2 nitrogen and oxygen atoms in total. The summed E-state index contributed by atoms with van der Waals surface area (Å²) < 4.78 is 5.01. The fourth-order valence-corrected chi connectivity index (χ4v) is 1.02. The summed E-state index contributed by atoms with van der Waals surface area (Å²) in [5, 5.41) is 0. The average molecular weight is 119 g/mol. The maximum Gasteiger partial charge on any atom is 0.0741 e. The van der Waals surface area contributed by atoms with Crippen molar-refractivity contribution in [2.45, 2.75) is 0 Å². The Labute approximate surface area is 48.0 Å². The molecular formula is C4H9NOS. The third-order valence-electron chi connectivity index (χ3n) is 0.913. The zero-order valence-corrected chi connectivity index (χ0v) is 5.20. The van der Waals surface area contributed by atoms with Crippen LogP contribution in [0.2, 0.25) is 0 Å². The van der Waals surface area contributed by atoms with Crippen LogP contribution in [0.5, 0.6) is 0 Å². The van der Waals surface area contributed by atoms with Gasteiger partial charge in [0.2, 0.25) is 0 Å². The fourth-order valence-electron chi connectivity index (χ4n) is 0.444. The molecule has 42 valence electrons. The first kappa shape index (κ1) is 5.41. The number of likely N-dealkylation sites (N-methyl/N-ethyl adjacent to an activating group) is 1. The summed E-state index contributed by atoms with van der Waals surface area (Å²) >= 11 is 1.53. The van der Waals surface area contributed by atoms with E-state index >= 15 is 0 Å². The van der Waals surface area contributed by atoms with Crippen LogP contribution in [-0.2, 0) is 4.18 Å². The minimum atomic E-state index is 0.876. The van der Waals surface area contributed by atoms with Crippen molar-refractivity contribution in [2.75, 3.05) is 26.1 Å². The second-order valence-electron chi connectivity index (χ2n) is 1.65. The van der Waals surface area contributed by atoms with E-state index in [4.69, 9.17) is 4.18 Å². The van der Waals surface area contributed by atoms with Gasteiger partial charge in [0.1, 0.15) is 0 Å². The van der Waals surface area contributed by atoms with Crippen molar-refractivity contribution in [3.05, 3.63) is 0 Å². The molecule has 1 aliphatic rings. The lowest BCUT2D eigenvalue weighted by Crippen LogP contribution is -2.26. The number of nitrogens with zero attached hydrogens (tertiary/aromatic N) is 1. The largest absolute Gasteiger partial charge is 0.313 e. The van der Waals surface area contributed by atoms with E-state index in [1.807, 2.05) is 0 Å². The van der Waals surface area contributed by atoms with Crippen LogP contribution < -0.4 is 0 Å². The minimum absolute atomic E-state index is 0.876. The van der Waals surface area contributed by atoms with Crippen LogP contribution in [0, 0.1) is 0 Å². The number of hydrogen-bond acceptors (Lipinski definition) is 3. The molecule has 0 N–H and O–H groups in total. The molecule has 0 aromatic rings. The van der Waals surface area contributed by atoms with Gasteiger partial charge in [-0.15, -0.1) is 0 Å². The summed E-state index contributed by atoms with van der Waals surface area (Å²) in [6.07, 6.45) is 0. The molecule has 0 saturated carbocycles. The summed E-state index contributed by atoms with van der Waals surface area (Å²) in [7, 11) is 2.09. The van der Waals surface area contributed by atoms with Crippen LogP contribution in [0.1, 0.15) is 0 Å². The normalized spacial score (nSPS) is 25.3. The van der Waals surface area contributed by atoms with Crippen LogP contribution in [0.4, 0.5) is 0 Å². The molecule has 1 aliphatic heterocycles. The van der Waals surface area contributed by atoms with Gasteiger partial charge < -0.3 is 4.18 Å². The Morgan fingerprint density at radius 3 is 2.86 bits per heavy atom. The Hall–Kier alpha value is 0.270. The molecule has 0 atom stereocenters. The van der Waals surface area contributed by atoms with Gasteiger partial charge in [-0.3, -0.25) is 4.90 Å². The van der Waals surface area contributed by atoms with E-state index in [1.54, 1.807) is 0 Å². The Kier molecular flexibility index (Phi) is 1.97. The maximum atomic E-state index is 5.01. The van der Waals surface area contributed by atoms with Gasteiger partial charge in [0, 0.05) is 18.6 Å². The van der Waals surface area contributed by atoms with E-state index < -0.39 is 0 Å². The van der Waals surface area contributed by atoms with Gasteiger partial charge in [0.05, 0.1) is 12.5 Å². The van der Waals surface area contributed by atoms with E-state index in [1.165, 1.54) is 12.0 Å². The second kappa shape index (κ2) is 2.55. The summed E-state index contributed by atoms with van der Waals surface area (Å²) in [4.78, 5) is 2.23. The van der Waals surface area contributed by atoms with E-state index in [2.05, 4.69) is 11.9 Å². The summed E-state index contributed by atoms with van der Waals surface area (Å²) in [5.41, 5.74) is 0. The van der Waals surface area contributed by atoms with Crippen molar-refractivity contribution in [2.24, 2.45) is 0 Å². The van der Waals surface area contributed by atoms with Gasteiger partial charge in [0.25, 0.3) is 0 Å². The van der Waals surface area contributed by atoms with Crippen LogP contribution in [-0.4, -0.2) is 31.0 Å². The highest BCUT2D eigenvalue weighted by molar-refractivity contribution is 7.94. The molecular weight excluding hydrogens is 110 g/mol. The third kappa shape index (κ3) is 1.67. The Balaban J connectivity index is 2.12. The van der Waals surface area contributed by atoms with Crippen LogP contribution in [0.15, 0.2) is 0 Å². The van der Waals surface area contributed by atoms with Crippen molar-refractivity contribution in [1.29, 1.82) is 0 Å². The zero-order valence-electron chi connectivity index (χ0n) is 4.39. The first-order chi connectivity index (χ1) is 3.39. The molecule has 1 fully saturated rings. The molecule has 0 spiro atoms. The molecule has 1 heterocycles. The monoisotopic (exact) mass is 119 g/mol. The average Bonchev–Trinajstić information content (AvgIpc) is 1.69. The highest BCUT2D eigenvalue weighted by atomic mass is 32.2. The predicted molar refractivity (Wildman–Crippen MR) is 31.0 cm³/mol. The third-order valence-corrected chi connectivity index (χ3v) is 1.79. The highest BCUT2D eigenvalue weighted by Crippen LogP contribution is 2.08. The lowest BCUT2D eigenvalue weighted by Gasteiger charge is -2.19. The van der Waals surface area contributed by atoms with Gasteiger partial charge >= 0.3 is 0 Å². The molecule has 0 amide bonds. The zero-order chi connectivity index (χ0) is 5.11. The summed E-state index contributed by atoms with van der Waals surface area (Å²) in [6.45, 7) is 1.95. The molecule has 0 aromatic carbocycles. The SMILES string of the molecule is CN1CCOSC1. The predicted octanol–water partition coefficient (Wildman–Crippen LogP) is 0.554. The standard InChI is InChI=1S/C4H9NOS/c1-5-2-3-6-7-4-5/h2-4H2,1H3. The van der Waals surface area contributed by atoms with Gasteiger partial charge in [0.15, 0.2) is 0 Å². The Morgan fingerprint density at radius 1 is 1.71 bits per heavy atom. The van der Waals surface area contributed by atoms with Gasteiger partial charge in [-0.1, -0.05) is 0 Å². The molecule has 0 aromatic heterocycles. The molecule has 0 bridgehead atoms. The number of hydrogen-bond donors (Lipinski definition) is 0. The fraction of sp³-hybridized carbons (Fsp3) is 1.00. The number of rotatable bonds is 0. The van der Waals surface area contributed by atoms with Crippen molar-refractivity contribution in [3.63, 3.8) is 0 Å². The molecule has 0 radical (unpaired) electrons. The second-order valence-corrected chi connectivity index (χ2v) is 2.38. The molecule has 0 unspecified atom stereocenters. The van der Waals surface area contributed by atoms with Crippen LogP contribution in [0.25, 0.3) is 0 Å². The maximum absolute atomic E-state index is 5.01. The van der Waals surface area contributed by atoms with Crippen molar-refractivity contribution >= 4 is 12.0 Å². The van der Waals surface area contributed by atoms with Crippen molar-refractivity contribution < 1.29 is 4.18 Å². The topological polar surface area (TPSA) is 12.5 Å². The Bertz CT molecular complexity index is 53.7. The van der Waals surface area contributed by atoms with Crippen LogP contribution in [0.3, 0.4) is 0 Å². The molecule has 1 rings (SSSR count). The molecule has 1 saturated heterocycles. The highest BCUT2D eigenvalue weighted by Gasteiger charge is 2.03. The first-order valence-electron chi connectivity index (χ1n) is 2.32.